The summed E-state index contributed by atoms with van der Waals surface area (Å²) in [6, 6.07) is 0. The summed E-state index contributed by atoms with van der Waals surface area (Å²) in [5.74, 6) is -0.356. The minimum atomic E-state index is -0.356. The van der Waals surface area contributed by atoms with Crippen LogP contribution in [0, 0.1) is 5.41 Å². The van der Waals surface area contributed by atoms with Crippen molar-refractivity contribution in [3.63, 3.8) is 0 Å². The average molecular weight is 214 g/mol. The highest BCUT2D eigenvalue weighted by Gasteiger charge is 2.37. The first kappa shape index (κ1) is 12.0. The molecule has 0 aromatic heterocycles. The van der Waals surface area contributed by atoms with Crippen LogP contribution in [0.25, 0.3) is 0 Å². The van der Waals surface area contributed by atoms with Gasteiger partial charge in [-0.1, -0.05) is 6.92 Å². The summed E-state index contributed by atoms with van der Waals surface area (Å²) >= 11 is 0. The lowest BCUT2D eigenvalue weighted by atomic mass is 9.84. The van der Waals surface area contributed by atoms with Gasteiger partial charge in [-0.15, -0.1) is 0 Å². The van der Waals surface area contributed by atoms with Crippen molar-refractivity contribution < 1.29 is 19.0 Å². The van der Waals surface area contributed by atoms with Crippen LogP contribution in [0.15, 0.2) is 11.8 Å². The molecular weight excluding hydrogens is 196 g/mol. The minimum Gasteiger partial charge on any atom is -0.500 e. The van der Waals surface area contributed by atoms with Crippen LogP contribution in [0.3, 0.4) is 0 Å². The van der Waals surface area contributed by atoms with Gasteiger partial charge in [0.05, 0.1) is 44.2 Å². The molecule has 1 saturated heterocycles. The first-order chi connectivity index (χ1) is 7.13. The van der Waals surface area contributed by atoms with Gasteiger partial charge in [0.15, 0.2) is 0 Å². The third-order valence-corrected chi connectivity index (χ3v) is 2.72. The molecule has 1 aliphatic heterocycles. The third kappa shape index (κ3) is 2.96. The summed E-state index contributed by atoms with van der Waals surface area (Å²) in [5, 5.41) is 0. The second-order valence-corrected chi connectivity index (χ2v) is 3.95. The number of ether oxygens (including phenoxy) is 3. The quantitative estimate of drug-likeness (QED) is 0.395. The van der Waals surface area contributed by atoms with Crippen LogP contribution in [0.2, 0.25) is 0 Å². The summed E-state index contributed by atoms with van der Waals surface area (Å²) in [6.07, 6.45) is 2.49. The lowest BCUT2D eigenvalue weighted by molar-refractivity contribution is -0.141. The molecule has 86 valence electrons. The molecule has 4 nitrogen and oxygen atoms in total. The molecule has 0 aromatic rings. The SMILES string of the molecule is CCC1(COC=C(C)C(=O)OC)COC1. The smallest absolute Gasteiger partial charge is 0.336 e. The van der Waals surface area contributed by atoms with E-state index in [0.29, 0.717) is 12.2 Å². The van der Waals surface area contributed by atoms with E-state index < -0.39 is 0 Å². The zero-order chi connectivity index (χ0) is 11.3. The molecule has 0 N–H and O–H groups in total. The van der Waals surface area contributed by atoms with Gasteiger partial charge in [0.1, 0.15) is 0 Å². The highest BCUT2D eigenvalue weighted by molar-refractivity contribution is 5.87. The maximum Gasteiger partial charge on any atom is 0.336 e. The van der Waals surface area contributed by atoms with E-state index in [1.807, 2.05) is 0 Å². The molecule has 0 bridgehead atoms. The fourth-order valence-electron chi connectivity index (χ4n) is 1.33. The molecule has 15 heavy (non-hydrogen) atoms. The molecule has 1 aliphatic rings. The van der Waals surface area contributed by atoms with Gasteiger partial charge in [0, 0.05) is 0 Å². The van der Waals surface area contributed by atoms with Crippen molar-refractivity contribution in [2.45, 2.75) is 20.3 Å². The molecule has 4 heteroatoms. The predicted octanol–water partition coefficient (Wildman–Crippen LogP) is 1.51. The Labute approximate surface area is 90.2 Å². The summed E-state index contributed by atoms with van der Waals surface area (Å²) in [5.41, 5.74) is 0.622. The fourth-order valence-corrected chi connectivity index (χ4v) is 1.33. The van der Waals surface area contributed by atoms with Crippen LogP contribution < -0.4 is 0 Å². The average Bonchev–Trinajstić information content (AvgIpc) is 2.20. The Kier molecular flexibility index (Phi) is 4.15. The summed E-state index contributed by atoms with van der Waals surface area (Å²) < 4.78 is 15.1. The molecule has 1 fully saturated rings. The minimum absolute atomic E-state index is 0.146. The second-order valence-electron chi connectivity index (χ2n) is 3.95. The van der Waals surface area contributed by atoms with E-state index in [1.54, 1.807) is 6.92 Å². The van der Waals surface area contributed by atoms with E-state index in [9.17, 15) is 4.79 Å². The van der Waals surface area contributed by atoms with Crippen molar-refractivity contribution in [1.29, 1.82) is 0 Å². The number of carbonyl (C=O) groups is 1. The molecule has 0 aliphatic carbocycles. The third-order valence-electron chi connectivity index (χ3n) is 2.72. The van der Waals surface area contributed by atoms with Crippen LogP contribution in [0.5, 0.6) is 0 Å². The lowest BCUT2D eigenvalue weighted by Crippen LogP contribution is -2.45. The maximum atomic E-state index is 11.0. The van der Waals surface area contributed by atoms with Crippen molar-refractivity contribution in [3.05, 3.63) is 11.8 Å². The summed E-state index contributed by atoms with van der Waals surface area (Å²) in [4.78, 5) is 11.0. The molecule has 0 atom stereocenters. The van der Waals surface area contributed by atoms with Gasteiger partial charge < -0.3 is 14.2 Å². The van der Waals surface area contributed by atoms with Gasteiger partial charge >= 0.3 is 5.97 Å². The first-order valence-electron chi connectivity index (χ1n) is 5.08. The van der Waals surface area contributed by atoms with Crippen LogP contribution in [0.1, 0.15) is 20.3 Å². The van der Waals surface area contributed by atoms with Crippen molar-refractivity contribution >= 4 is 5.97 Å². The molecule has 0 radical (unpaired) electrons. The van der Waals surface area contributed by atoms with E-state index in [1.165, 1.54) is 13.4 Å². The van der Waals surface area contributed by atoms with Crippen LogP contribution >= 0.6 is 0 Å². The lowest BCUT2D eigenvalue weighted by Gasteiger charge is -2.39. The summed E-state index contributed by atoms with van der Waals surface area (Å²) in [7, 11) is 1.35. The Balaban J connectivity index is 2.34. The molecule has 0 unspecified atom stereocenters. The van der Waals surface area contributed by atoms with Gasteiger partial charge in [-0.3, -0.25) is 0 Å². The molecular formula is C11H18O4. The highest BCUT2D eigenvalue weighted by atomic mass is 16.5. The number of methoxy groups -OCH3 is 1. The summed E-state index contributed by atoms with van der Waals surface area (Å²) in [6.45, 7) is 5.87. The first-order valence-corrected chi connectivity index (χ1v) is 5.08. The topological polar surface area (TPSA) is 44.8 Å². The largest absolute Gasteiger partial charge is 0.500 e. The van der Waals surface area contributed by atoms with E-state index in [2.05, 4.69) is 11.7 Å². The Hall–Kier alpha value is -1.03. The van der Waals surface area contributed by atoms with E-state index in [4.69, 9.17) is 9.47 Å². The molecule has 0 amide bonds. The molecule has 1 rings (SSSR count). The zero-order valence-corrected chi connectivity index (χ0v) is 9.54. The molecule has 1 heterocycles. The molecule has 0 aromatic carbocycles. The fraction of sp³-hybridized carbons (Fsp3) is 0.727. The second kappa shape index (κ2) is 5.16. The van der Waals surface area contributed by atoms with Crippen LogP contribution in [-0.4, -0.2) is 32.9 Å². The van der Waals surface area contributed by atoms with E-state index in [-0.39, 0.29) is 11.4 Å². The van der Waals surface area contributed by atoms with Gasteiger partial charge in [0.2, 0.25) is 0 Å². The standard InChI is InChI=1S/C11H18O4/c1-4-11(7-15-8-11)6-14-5-9(2)10(12)13-3/h5H,4,6-8H2,1-3H3. The molecule has 0 spiro atoms. The van der Waals surface area contributed by atoms with Crippen molar-refractivity contribution in [2.75, 3.05) is 26.9 Å². The number of hydrogen-bond donors (Lipinski definition) is 0. The highest BCUT2D eigenvalue weighted by Crippen LogP contribution is 2.31. The van der Waals surface area contributed by atoms with Gasteiger partial charge in [0.25, 0.3) is 0 Å². The Bertz CT molecular complexity index is 248. The van der Waals surface area contributed by atoms with E-state index >= 15 is 0 Å². The predicted molar refractivity (Wildman–Crippen MR) is 55.3 cm³/mol. The van der Waals surface area contributed by atoms with Crippen molar-refractivity contribution in [3.8, 4) is 0 Å². The van der Waals surface area contributed by atoms with Crippen molar-refractivity contribution in [1.82, 2.24) is 0 Å². The Morgan fingerprint density at radius 2 is 2.20 bits per heavy atom. The number of carbonyl (C=O) groups excluding carboxylic acids is 1. The molecule has 0 saturated carbocycles. The van der Waals surface area contributed by atoms with Gasteiger partial charge in [-0.25, -0.2) is 4.79 Å². The number of hydrogen-bond acceptors (Lipinski definition) is 4. The monoisotopic (exact) mass is 214 g/mol. The van der Waals surface area contributed by atoms with Gasteiger partial charge in [-0.2, -0.15) is 0 Å². The van der Waals surface area contributed by atoms with Crippen LogP contribution in [-0.2, 0) is 19.0 Å². The maximum absolute atomic E-state index is 11.0. The van der Waals surface area contributed by atoms with E-state index in [0.717, 1.165) is 19.6 Å². The normalized spacial score (nSPS) is 19.3. The Morgan fingerprint density at radius 1 is 1.53 bits per heavy atom. The van der Waals surface area contributed by atoms with Crippen LogP contribution in [0.4, 0.5) is 0 Å². The van der Waals surface area contributed by atoms with Crippen molar-refractivity contribution in [2.24, 2.45) is 5.41 Å². The Morgan fingerprint density at radius 3 is 2.60 bits per heavy atom. The zero-order valence-electron chi connectivity index (χ0n) is 9.54. The van der Waals surface area contributed by atoms with Gasteiger partial charge in [-0.05, 0) is 13.3 Å². The number of rotatable bonds is 5. The number of esters is 1.